The molecule has 0 radical (unpaired) electrons. The monoisotopic (exact) mass is 319 g/mol. The molecular weight excluding hydrogens is 302 g/mol. The van der Waals surface area contributed by atoms with E-state index in [1.807, 2.05) is 0 Å². The maximum absolute atomic E-state index is 12.2. The van der Waals surface area contributed by atoms with Crippen LogP contribution in [0, 0.1) is 0 Å². The summed E-state index contributed by atoms with van der Waals surface area (Å²) in [4.78, 5) is 0.105. The summed E-state index contributed by atoms with van der Waals surface area (Å²) in [6.45, 7) is 1.93. The molecule has 1 aromatic rings. The highest BCUT2D eigenvalue weighted by atomic mass is 32.2. The fraction of sp³-hybridized carbons (Fsp3) is 0.500. The van der Waals surface area contributed by atoms with E-state index in [4.69, 9.17) is 0 Å². The van der Waals surface area contributed by atoms with Gasteiger partial charge in [-0.1, -0.05) is 6.92 Å². The van der Waals surface area contributed by atoms with Crippen LogP contribution in [-0.4, -0.2) is 51.2 Å². The Morgan fingerprint density at radius 2 is 1.55 bits per heavy atom. The lowest BCUT2D eigenvalue weighted by molar-refractivity contribution is -0.0613. The lowest BCUT2D eigenvalue weighted by Crippen LogP contribution is -2.62. The van der Waals surface area contributed by atoms with Crippen molar-refractivity contribution in [2.45, 2.75) is 28.7 Å². The van der Waals surface area contributed by atoms with Crippen molar-refractivity contribution in [3.63, 3.8) is 0 Å². The van der Waals surface area contributed by atoms with Gasteiger partial charge in [0.05, 0.1) is 15.4 Å². The van der Waals surface area contributed by atoms with E-state index in [2.05, 4.69) is 0 Å². The molecule has 6 nitrogen and oxygen atoms in total. The van der Waals surface area contributed by atoms with Crippen molar-refractivity contribution in [2.24, 2.45) is 0 Å². The van der Waals surface area contributed by atoms with Gasteiger partial charge in [0.25, 0.3) is 0 Å². The van der Waals surface area contributed by atoms with Crippen molar-refractivity contribution in [1.82, 2.24) is 4.31 Å². The van der Waals surface area contributed by atoms with Gasteiger partial charge < -0.3 is 5.11 Å². The van der Waals surface area contributed by atoms with E-state index in [-0.39, 0.29) is 22.9 Å². The summed E-state index contributed by atoms with van der Waals surface area (Å²) in [6.07, 6.45) is 1.55. The number of sulfone groups is 1. The van der Waals surface area contributed by atoms with E-state index >= 15 is 0 Å². The second-order valence-electron chi connectivity index (χ2n) is 5.09. The van der Waals surface area contributed by atoms with Crippen molar-refractivity contribution in [3.05, 3.63) is 24.3 Å². The highest BCUT2D eigenvalue weighted by Crippen LogP contribution is 2.30. The summed E-state index contributed by atoms with van der Waals surface area (Å²) in [5.41, 5.74) is -0.945. The number of hydrogen-bond acceptors (Lipinski definition) is 5. The Balaban J connectivity index is 2.24. The zero-order valence-corrected chi connectivity index (χ0v) is 12.9. The third-order valence-corrected chi connectivity index (χ3v) is 6.42. The summed E-state index contributed by atoms with van der Waals surface area (Å²) in [5, 5.41) is 9.86. The molecule has 20 heavy (non-hydrogen) atoms. The van der Waals surface area contributed by atoms with Crippen molar-refractivity contribution in [3.8, 4) is 0 Å². The number of sulfonamides is 1. The molecular formula is C12H17NO5S2. The van der Waals surface area contributed by atoms with Crippen molar-refractivity contribution in [2.75, 3.05) is 19.3 Å². The molecule has 1 aromatic carbocycles. The molecule has 1 saturated heterocycles. The average Bonchev–Trinajstić information content (AvgIpc) is 2.34. The SMILES string of the molecule is CCC1(O)CN(S(=O)(=O)c2ccc(S(C)(=O)=O)cc2)C1. The summed E-state index contributed by atoms with van der Waals surface area (Å²) in [5.74, 6) is 0. The van der Waals surface area contributed by atoms with Crippen LogP contribution in [0.5, 0.6) is 0 Å². The highest BCUT2D eigenvalue weighted by Gasteiger charge is 2.45. The summed E-state index contributed by atoms with van der Waals surface area (Å²) in [7, 11) is -7.01. The molecule has 0 amide bonds. The van der Waals surface area contributed by atoms with Crippen LogP contribution >= 0.6 is 0 Å². The largest absolute Gasteiger partial charge is 0.387 e. The molecule has 1 heterocycles. The smallest absolute Gasteiger partial charge is 0.243 e. The minimum atomic E-state index is -3.67. The summed E-state index contributed by atoms with van der Waals surface area (Å²) in [6, 6.07) is 5.09. The predicted octanol–water partition coefficient (Wildman–Crippen LogP) is 0.236. The van der Waals surface area contributed by atoms with Gasteiger partial charge in [0.1, 0.15) is 0 Å². The van der Waals surface area contributed by atoms with Gasteiger partial charge in [-0.2, -0.15) is 4.31 Å². The lowest BCUT2D eigenvalue weighted by Gasteiger charge is -2.44. The molecule has 1 N–H and O–H groups in total. The van der Waals surface area contributed by atoms with Gasteiger partial charge in [-0.15, -0.1) is 0 Å². The Hall–Kier alpha value is -0.960. The van der Waals surface area contributed by atoms with E-state index in [0.29, 0.717) is 6.42 Å². The topological polar surface area (TPSA) is 91.8 Å². The molecule has 1 fully saturated rings. The molecule has 0 atom stereocenters. The molecule has 0 aliphatic carbocycles. The second-order valence-corrected chi connectivity index (χ2v) is 9.05. The standard InChI is InChI=1S/C12H17NO5S2/c1-3-12(14)8-13(9-12)20(17,18)11-6-4-10(5-7-11)19(2,15)16/h4-7,14H,3,8-9H2,1-2H3. The third-order valence-electron chi connectivity index (χ3n) is 3.49. The zero-order valence-electron chi connectivity index (χ0n) is 11.3. The van der Waals surface area contributed by atoms with Gasteiger partial charge in [-0.05, 0) is 30.7 Å². The minimum Gasteiger partial charge on any atom is -0.387 e. The Kier molecular flexibility index (Phi) is 3.70. The van der Waals surface area contributed by atoms with Crippen LogP contribution < -0.4 is 0 Å². The van der Waals surface area contributed by atoms with Gasteiger partial charge in [-0.25, -0.2) is 16.8 Å². The molecule has 0 spiro atoms. The van der Waals surface area contributed by atoms with Crippen LogP contribution in [0.3, 0.4) is 0 Å². The van der Waals surface area contributed by atoms with Crippen molar-refractivity contribution >= 4 is 19.9 Å². The molecule has 1 aliphatic rings. The molecule has 8 heteroatoms. The predicted molar refractivity (Wildman–Crippen MR) is 73.6 cm³/mol. The third kappa shape index (κ3) is 2.73. The minimum absolute atomic E-state index is 0.0306. The molecule has 0 unspecified atom stereocenters. The van der Waals surface area contributed by atoms with Crippen LogP contribution in [0.15, 0.2) is 34.1 Å². The first-order valence-corrected chi connectivity index (χ1v) is 9.44. The van der Waals surface area contributed by atoms with E-state index in [9.17, 15) is 21.9 Å². The fourth-order valence-corrected chi connectivity index (χ4v) is 4.24. The van der Waals surface area contributed by atoms with Gasteiger partial charge >= 0.3 is 0 Å². The van der Waals surface area contributed by atoms with Crippen LogP contribution in [0.25, 0.3) is 0 Å². The number of rotatable bonds is 4. The number of β-amino-alcohol motifs (C(OH)–C–C–N with tert-alkyl or cyclic N) is 1. The highest BCUT2D eigenvalue weighted by molar-refractivity contribution is 7.90. The molecule has 0 saturated carbocycles. The normalized spacial score (nSPS) is 19.6. The Morgan fingerprint density at radius 1 is 1.10 bits per heavy atom. The quantitative estimate of drug-likeness (QED) is 0.858. The first-order valence-electron chi connectivity index (χ1n) is 6.11. The van der Waals surface area contributed by atoms with Crippen molar-refractivity contribution < 1.29 is 21.9 Å². The average molecular weight is 319 g/mol. The van der Waals surface area contributed by atoms with E-state index < -0.39 is 25.5 Å². The van der Waals surface area contributed by atoms with Gasteiger partial charge in [0.15, 0.2) is 9.84 Å². The Bertz CT molecular complexity index is 701. The maximum Gasteiger partial charge on any atom is 0.243 e. The van der Waals surface area contributed by atoms with E-state index in [0.717, 1.165) is 6.26 Å². The molecule has 1 aliphatic heterocycles. The Labute approximate surface area is 119 Å². The summed E-state index contributed by atoms with van der Waals surface area (Å²) >= 11 is 0. The molecule has 0 bridgehead atoms. The van der Waals surface area contributed by atoms with E-state index in [1.165, 1.54) is 28.6 Å². The van der Waals surface area contributed by atoms with Gasteiger partial charge in [0.2, 0.25) is 10.0 Å². The van der Waals surface area contributed by atoms with Crippen LogP contribution in [-0.2, 0) is 19.9 Å². The van der Waals surface area contributed by atoms with Crippen LogP contribution in [0.1, 0.15) is 13.3 Å². The maximum atomic E-state index is 12.2. The summed E-state index contributed by atoms with van der Waals surface area (Å²) < 4.78 is 48.3. The number of aliphatic hydroxyl groups is 1. The lowest BCUT2D eigenvalue weighted by atomic mass is 9.94. The first kappa shape index (κ1) is 15.4. The zero-order chi connectivity index (χ0) is 15.2. The van der Waals surface area contributed by atoms with Gasteiger partial charge in [0, 0.05) is 19.3 Å². The first-order chi connectivity index (χ1) is 9.08. The number of hydrogen-bond donors (Lipinski definition) is 1. The molecule has 2 rings (SSSR count). The fourth-order valence-electron chi connectivity index (χ4n) is 2.01. The van der Waals surface area contributed by atoms with Crippen LogP contribution in [0.4, 0.5) is 0 Å². The molecule has 0 aromatic heterocycles. The van der Waals surface area contributed by atoms with E-state index in [1.54, 1.807) is 6.92 Å². The number of benzene rings is 1. The van der Waals surface area contributed by atoms with Gasteiger partial charge in [-0.3, -0.25) is 0 Å². The molecule has 112 valence electrons. The van der Waals surface area contributed by atoms with Crippen LogP contribution in [0.2, 0.25) is 0 Å². The number of nitrogens with zero attached hydrogens (tertiary/aromatic N) is 1. The Morgan fingerprint density at radius 3 is 1.95 bits per heavy atom. The van der Waals surface area contributed by atoms with Crippen molar-refractivity contribution in [1.29, 1.82) is 0 Å². The second kappa shape index (κ2) is 4.80.